The smallest absolute Gasteiger partial charge is 0.215 e. The zero-order valence-corrected chi connectivity index (χ0v) is 13.1. The van der Waals surface area contributed by atoms with Crippen molar-refractivity contribution in [2.45, 2.75) is 50.6 Å². The summed E-state index contributed by atoms with van der Waals surface area (Å²) in [7, 11) is -3.10. The summed E-state index contributed by atoms with van der Waals surface area (Å²) in [6.45, 7) is 4.62. The highest BCUT2D eigenvalue weighted by Gasteiger charge is 2.34. The maximum Gasteiger partial charge on any atom is 0.215 e. The van der Waals surface area contributed by atoms with Crippen LogP contribution in [0.4, 0.5) is 0 Å². The summed E-state index contributed by atoms with van der Waals surface area (Å²) in [4.78, 5) is 2.48. The summed E-state index contributed by atoms with van der Waals surface area (Å²) in [5, 5.41) is 3.36. The molecule has 116 valence electrons. The van der Waals surface area contributed by atoms with Crippen molar-refractivity contribution in [3.05, 3.63) is 0 Å². The molecule has 5 nitrogen and oxygen atoms in total. The lowest BCUT2D eigenvalue weighted by Crippen LogP contribution is -2.46. The van der Waals surface area contributed by atoms with Crippen LogP contribution in [0.25, 0.3) is 0 Å². The molecule has 0 aromatic rings. The Morgan fingerprint density at radius 3 is 2.65 bits per heavy atom. The number of nitrogens with zero attached hydrogens (tertiary/aromatic N) is 2. The molecule has 0 aromatic heterocycles. The molecule has 0 aromatic carbocycles. The number of piperidine rings is 1. The van der Waals surface area contributed by atoms with E-state index in [0.717, 1.165) is 51.9 Å². The maximum absolute atomic E-state index is 12.7. The van der Waals surface area contributed by atoms with Crippen molar-refractivity contribution in [1.82, 2.24) is 14.5 Å². The van der Waals surface area contributed by atoms with Gasteiger partial charge in [-0.2, -0.15) is 0 Å². The molecule has 2 unspecified atom stereocenters. The van der Waals surface area contributed by atoms with Gasteiger partial charge in [-0.1, -0.05) is 6.42 Å². The first kappa shape index (κ1) is 14.8. The van der Waals surface area contributed by atoms with E-state index in [0.29, 0.717) is 18.3 Å². The highest BCUT2D eigenvalue weighted by Crippen LogP contribution is 2.23. The van der Waals surface area contributed by atoms with Crippen molar-refractivity contribution in [3.63, 3.8) is 0 Å². The summed E-state index contributed by atoms with van der Waals surface area (Å²) in [6.07, 6.45) is 6.70. The van der Waals surface area contributed by atoms with Crippen LogP contribution in [0, 0.1) is 0 Å². The first-order valence-electron chi connectivity index (χ1n) is 8.10. The minimum atomic E-state index is -3.10. The molecule has 0 aliphatic carbocycles. The predicted molar refractivity (Wildman–Crippen MR) is 80.2 cm³/mol. The van der Waals surface area contributed by atoms with Crippen LogP contribution < -0.4 is 5.32 Å². The van der Waals surface area contributed by atoms with Crippen LogP contribution in [0.15, 0.2) is 0 Å². The first-order valence-corrected chi connectivity index (χ1v) is 9.71. The normalized spacial score (nSPS) is 33.8. The maximum atomic E-state index is 12.7. The lowest BCUT2D eigenvalue weighted by Gasteiger charge is -2.28. The van der Waals surface area contributed by atoms with Gasteiger partial charge in [-0.25, -0.2) is 12.7 Å². The van der Waals surface area contributed by atoms with Crippen LogP contribution in [-0.2, 0) is 10.0 Å². The molecule has 0 bridgehead atoms. The summed E-state index contributed by atoms with van der Waals surface area (Å²) in [5.41, 5.74) is 0. The molecule has 1 N–H and O–H groups in total. The molecule has 0 radical (unpaired) electrons. The average molecular weight is 301 g/mol. The van der Waals surface area contributed by atoms with E-state index in [4.69, 9.17) is 0 Å². The Morgan fingerprint density at radius 1 is 1.00 bits per heavy atom. The van der Waals surface area contributed by atoms with Gasteiger partial charge >= 0.3 is 0 Å². The standard InChI is InChI=1S/C14H27N3O2S/c18-20(19,12-13-5-1-2-7-15-13)17-10-4-9-16-8-3-6-14(16)11-17/h13-15H,1-12H2. The number of fused-ring (bicyclic) bond motifs is 1. The predicted octanol–water partition coefficient (Wildman–Crippen LogP) is 0.628. The van der Waals surface area contributed by atoms with Crippen molar-refractivity contribution in [1.29, 1.82) is 0 Å². The van der Waals surface area contributed by atoms with Gasteiger partial charge in [0.05, 0.1) is 5.75 Å². The van der Waals surface area contributed by atoms with Gasteiger partial charge in [0.1, 0.15) is 0 Å². The van der Waals surface area contributed by atoms with Crippen LogP contribution in [0.1, 0.15) is 38.5 Å². The van der Waals surface area contributed by atoms with Crippen molar-refractivity contribution in [3.8, 4) is 0 Å². The Morgan fingerprint density at radius 2 is 1.85 bits per heavy atom. The number of sulfonamides is 1. The van der Waals surface area contributed by atoms with Crippen LogP contribution in [0.5, 0.6) is 0 Å². The molecule has 0 spiro atoms. The SMILES string of the molecule is O=S(=O)(CC1CCCCN1)N1CCCN2CCCC2C1. The molecule has 3 aliphatic rings. The van der Waals surface area contributed by atoms with E-state index in [1.165, 1.54) is 12.8 Å². The molecule has 3 fully saturated rings. The van der Waals surface area contributed by atoms with E-state index >= 15 is 0 Å². The molecular weight excluding hydrogens is 274 g/mol. The minimum Gasteiger partial charge on any atom is -0.313 e. The van der Waals surface area contributed by atoms with E-state index in [9.17, 15) is 8.42 Å². The molecular formula is C14H27N3O2S. The van der Waals surface area contributed by atoms with Gasteiger partial charge in [-0.15, -0.1) is 0 Å². The fourth-order valence-corrected chi connectivity index (χ4v) is 5.66. The van der Waals surface area contributed by atoms with Gasteiger partial charge in [-0.3, -0.25) is 4.90 Å². The first-order chi connectivity index (χ1) is 9.65. The topological polar surface area (TPSA) is 52.7 Å². The van der Waals surface area contributed by atoms with Crippen molar-refractivity contribution >= 4 is 10.0 Å². The Kier molecular flexibility index (Phi) is 4.65. The largest absolute Gasteiger partial charge is 0.313 e. The quantitative estimate of drug-likeness (QED) is 0.831. The summed E-state index contributed by atoms with van der Waals surface area (Å²) in [5.74, 6) is 0.291. The minimum absolute atomic E-state index is 0.164. The van der Waals surface area contributed by atoms with Crippen LogP contribution in [0.3, 0.4) is 0 Å². The summed E-state index contributed by atoms with van der Waals surface area (Å²) in [6, 6.07) is 0.628. The molecule has 3 saturated heterocycles. The molecule has 0 amide bonds. The van der Waals surface area contributed by atoms with Crippen molar-refractivity contribution < 1.29 is 8.42 Å². The highest BCUT2D eigenvalue weighted by atomic mass is 32.2. The van der Waals surface area contributed by atoms with Gasteiger partial charge in [0.15, 0.2) is 0 Å². The van der Waals surface area contributed by atoms with Gasteiger partial charge in [-0.05, 0) is 51.7 Å². The molecule has 6 heteroatoms. The Balaban J connectivity index is 1.63. The van der Waals surface area contributed by atoms with Gasteiger partial charge in [0.2, 0.25) is 10.0 Å². The molecule has 0 saturated carbocycles. The Bertz CT molecular complexity index is 420. The zero-order valence-electron chi connectivity index (χ0n) is 12.3. The highest BCUT2D eigenvalue weighted by molar-refractivity contribution is 7.89. The molecule has 20 heavy (non-hydrogen) atoms. The van der Waals surface area contributed by atoms with Crippen molar-refractivity contribution in [2.75, 3.05) is 38.5 Å². The number of rotatable bonds is 3. The lowest BCUT2D eigenvalue weighted by molar-refractivity contribution is 0.257. The van der Waals surface area contributed by atoms with Gasteiger partial charge in [0.25, 0.3) is 0 Å². The van der Waals surface area contributed by atoms with Crippen LogP contribution in [0.2, 0.25) is 0 Å². The molecule has 3 rings (SSSR count). The lowest BCUT2D eigenvalue weighted by atomic mass is 10.1. The average Bonchev–Trinajstić information content (AvgIpc) is 2.76. The second kappa shape index (κ2) is 6.30. The number of hydrogen-bond donors (Lipinski definition) is 1. The Hall–Kier alpha value is -0.170. The third kappa shape index (κ3) is 3.35. The van der Waals surface area contributed by atoms with E-state index in [2.05, 4.69) is 10.2 Å². The van der Waals surface area contributed by atoms with E-state index in [1.807, 2.05) is 0 Å². The Labute approximate surface area is 122 Å². The summed E-state index contributed by atoms with van der Waals surface area (Å²) < 4.78 is 27.1. The van der Waals surface area contributed by atoms with E-state index in [1.54, 1.807) is 4.31 Å². The second-order valence-corrected chi connectivity index (χ2v) is 8.48. The van der Waals surface area contributed by atoms with Crippen molar-refractivity contribution in [2.24, 2.45) is 0 Å². The molecule has 3 aliphatic heterocycles. The summed E-state index contributed by atoms with van der Waals surface area (Å²) >= 11 is 0. The molecule has 2 atom stereocenters. The molecule has 3 heterocycles. The number of nitrogens with one attached hydrogen (secondary N) is 1. The van der Waals surface area contributed by atoms with Gasteiger partial charge in [0, 0.05) is 25.2 Å². The van der Waals surface area contributed by atoms with Crippen LogP contribution >= 0.6 is 0 Å². The van der Waals surface area contributed by atoms with Crippen LogP contribution in [-0.4, -0.2) is 68.2 Å². The third-order valence-corrected chi connectivity index (χ3v) is 6.93. The number of hydrogen-bond acceptors (Lipinski definition) is 4. The third-order valence-electron chi connectivity index (χ3n) is 4.98. The van der Waals surface area contributed by atoms with E-state index in [-0.39, 0.29) is 6.04 Å². The zero-order chi connectivity index (χ0) is 14.0. The monoisotopic (exact) mass is 301 g/mol. The second-order valence-electron chi connectivity index (χ2n) is 6.47. The fraction of sp³-hybridized carbons (Fsp3) is 1.00. The van der Waals surface area contributed by atoms with E-state index < -0.39 is 10.0 Å². The van der Waals surface area contributed by atoms with Gasteiger partial charge < -0.3 is 5.32 Å². The fourth-order valence-electron chi connectivity index (χ4n) is 3.85.